The summed E-state index contributed by atoms with van der Waals surface area (Å²) in [5, 5.41) is 14.9. The Bertz CT molecular complexity index is 1020. The molecule has 0 amide bonds. The molecule has 0 aliphatic carbocycles. The summed E-state index contributed by atoms with van der Waals surface area (Å²) in [5.74, 6) is 0.0163. The van der Waals surface area contributed by atoms with E-state index in [4.69, 9.17) is 20.3 Å². The van der Waals surface area contributed by atoms with E-state index >= 15 is 0 Å². The van der Waals surface area contributed by atoms with Gasteiger partial charge in [-0.15, -0.1) is 0 Å². The molecule has 2 aromatic heterocycles. The Hall–Kier alpha value is -1.61. The lowest BCUT2D eigenvalue weighted by Gasteiger charge is -2.24. The van der Waals surface area contributed by atoms with Crippen molar-refractivity contribution in [3.8, 4) is 0 Å². The molecular formula is C11H15F2N5O9P2. The molecule has 14 nitrogen and oxygen atoms in total. The molecule has 29 heavy (non-hydrogen) atoms. The van der Waals surface area contributed by atoms with Gasteiger partial charge in [0.1, 0.15) is 30.2 Å². The van der Waals surface area contributed by atoms with Crippen molar-refractivity contribution in [1.82, 2.24) is 19.5 Å². The first-order valence-electron chi connectivity index (χ1n) is 7.63. The van der Waals surface area contributed by atoms with Gasteiger partial charge in [0.05, 0.1) is 12.9 Å². The van der Waals surface area contributed by atoms with Gasteiger partial charge in [-0.3, -0.25) is 13.7 Å². The molecule has 1 fully saturated rings. The summed E-state index contributed by atoms with van der Waals surface area (Å²) >= 11 is 0. The number of anilines is 1. The first-order valence-corrected chi connectivity index (χ1v) is 10.8. The predicted molar refractivity (Wildman–Crippen MR) is 88.4 cm³/mol. The molecule has 0 spiro atoms. The highest BCUT2D eigenvalue weighted by Crippen LogP contribution is 2.73. The second-order valence-corrected chi connectivity index (χ2v) is 9.86. The third-order valence-corrected chi connectivity index (χ3v) is 7.52. The molecule has 0 radical (unpaired) electrons. The zero-order valence-electron chi connectivity index (χ0n) is 14.1. The average Bonchev–Trinajstić information content (AvgIpc) is 3.15. The van der Waals surface area contributed by atoms with Crippen molar-refractivity contribution in [2.24, 2.45) is 0 Å². The second-order valence-electron chi connectivity index (χ2n) is 6.00. The van der Waals surface area contributed by atoms with Crippen molar-refractivity contribution in [2.45, 2.75) is 29.9 Å². The smallest absolute Gasteiger partial charge is 0.387 e. The van der Waals surface area contributed by atoms with Crippen LogP contribution < -0.4 is 5.73 Å². The van der Waals surface area contributed by atoms with Crippen LogP contribution in [0.2, 0.25) is 0 Å². The third-order valence-electron chi connectivity index (χ3n) is 4.10. The number of aliphatic hydroxyl groups is 2. The summed E-state index contributed by atoms with van der Waals surface area (Å²) in [7, 11) is -12.5. The van der Waals surface area contributed by atoms with Crippen molar-refractivity contribution in [3.05, 3.63) is 12.7 Å². The van der Waals surface area contributed by atoms with Gasteiger partial charge in [0.2, 0.25) is 0 Å². The van der Waals surface area contributed by atoms with E-state index in [0.29, 0.717) is 0 Å². The summed E-state index contributed by atoms with van der Waals surface area (Å²) in [6.07, 6.45) is -4.17. The lowest BCUT2D eigenvalue weighted by molar-refractivity contribution is -0.0507. The van der Waals surface area contributed by atoms with Crippen LogP contribution in [0.15, 0.2) is 12.7 Å². The summed E-state index contributed by atoms with van der Waals surface area (Å²) in [5.41, 5.74) is 5.89. The molecule has 7 N–H and O–H groups in total. The van der Waals surface area contributed by atoms with Gasteiger partial charge in [-0.1, -0.05) is 0 Å². The Labute approximate surface area is 159 Å². The number of alkyl halides is 2. The van der Waals surface area contributed by atoms with Crippen LogP contribution >= 0.6 is 15.2 Å². The Morgan fingerprint density at radius 1 is 1.21 bits per heavy atom. The van der Waals surface area contributed by atoms with Crippen LogP contribution in [-0.2, 0) is 18.4 Å². The zero-order valence-corrected chi connectivity index (χ0v) is 15.8. The van der Waals surface area contributed by atoms with Crippen molar-refractivity contribution in [3.63, 3.8) is 0 Å². The summed E-state index contributed by atoms with van der Waals surface area (Å²) in [6.45, 7) is -1.19. The third kappa shape index (κ3) is 3.67. The lowest BCUT2D eigenvalue weighted by atomic mass is 10.1. The number of rotatable bonds is 6. The van der Waals surface area contributed by atoms with Crippen LogP contribution in [0.3, 0.4) is 0 Å². The van der Waals surface area contributed by atoms with Crippen molar-refractivity contribution >= 4 is 32.2 Å². The summed E-state index contributed by atoms with van der Waals surface area (Å²) in [6, 6.07) is 0. The molecule has 1 unspecified atom stereocenters. The fourth-order valence-corrected chi connectivity index (χ4v) is 4.56. The number of halogens is 2. The lowest BCUT2D eigenvalue weighted by Crippen LogP contribution is -2.34. The van der Waals surface area contributed by atoms with Crippen molar-refractivity contribution < 1.29 is 52.1 Å². The SMILES string of the molecule is Nc1ncnc2c1ncn2[C@@H]1O[C@H](COP(=O)(O)C(F)(F)P(=O)(O)O)[C@@H](O)[C@H]1O. The molecule has 5 atom stereocenters. The number of nitrogens with zero attached hydrogens (tertiary/aromatic N) is 4. The highest BCUT2D eigenvalue weighted by molar-refractivity contribution is 7.72. The molecule has 2 aromatic rings. The van der Waals surface area contributed by atoms with E-state index in [1.807, 2.05) is 0 Å². The van der Waals surface area contributed by atoms with Crippen LogP contribution in [0, 0.1) is 0 Å². The number of hydrogen-bond donors (Lipinski definition) is 6. The van der Waals surface area contributed by atoms with E-state index in [0.717, 1.165) is 17.2 Å². The number of nitrogens with two attached hydrogens (primary N) is 1. The molecule has 0 saturated carbocycles. The molecule has 18 heteroatoms. The second kappa shape index (κ2) is 7.27. The van der Waals surface area contributed by atoms with Crippen molar-refractivity contribution in [2.75, 3.05) is 12.3 Å². The standard InChI is InChI=1S/C11H15F2N5O9P2/c12-11(13,28(21,22)23)29(24,25)26-1-4-6(19)7(20)10(27-4)18-3-17-5-8(14)15-2-16-9(5)18/h2-4,6-7,10,19-20H,1H2,(H,24,25)(H2,14,15,16)(H2,21,22,23)/t4-,6-,7-,10-/m1/s1. The largest absolute Gasteiger partial charge is 0.443 e. The number of fused-ring (bicyclic) bond motifs is 1. The normalized spacial score (nSPS) is 28.0. The van der Waals surface area contributed by atoms with Crippen LogP contribution in [-0.4, -0.2) is 74.7 Å². The van der Waals surface area contributed by atoms with Gasteiger partial charge in [0.15, 0.2) is 17.7 Å². The quantitative estimate of drug-likeness (QED) is 0.283. The Morgan fingerprint density at radius 3 is 2.48 bits per heavy atom. The van der Waals surface area contributed by atoms with Crippen LogP contribution in [0.5, 0.6) is 0 Å². The molecule has 0 aromatic carbocycles. The monoisotopic (exact) mass is 461 g/mol. The molecule has 1 aliphatic rings. The number of nitrogen functional groups attached to an aromatic ring is 1. The maximum atomic E-state index is 13.5. The number of aliphatic hydroxyl groups excluding tert-OH is 2. The molecule has 3 rings (SSSR count). The predicted octanol–water partition coefficient (Wildman–Crippen LogP) is -1.04. The van der Waals surface area contributed by atoms with Crippen LogP contribution in [0.25, 0.3) is 11.2 Å². The fourth-order valence-electron chi connectivity index (χ4n) is 2.57. The first-order chi connectivity index (χ1) is 13.3. The van der Waals surface area contributed by atoms with Gasteiger partial charge in [0.25, 0.3) is 0 Å². The van der Waals surface area contributed by atoms with Gasteiger partial charge in [0, 0.05) is 0 Å². The maximum absolute atomic E-state index is 13.5. The highest BCUT2D eigenvalue weighted by Gasteiger charge is 2.65. The van der Waals surface area contributed by atoms with Gasteiger partial charge in [-0.2, -0.15) is 8.78 Å². The van der Waals surface area contributed by atoms with E-state index in [-0.39, 0.29) is 17.0 Å². The number of aromatic nitrogens is 4. The van der Waals surface area contributed by atoms with E-state index in [2.05, 4.69) is 19.5 Å². The minimum Gasteiger partial charge on any atom is -0.387 e. The van der Waals surface area contributed by atoms with Crippen LogP contribution in [0.4, 0.5) is 14.6 Å². The number of imidazole rings is 1. The fraction of sp³-hybridized carbons (Fsp3) is 0.545. The molecule has 3 heterocycles. The Morgan fingerprint density at radius 2 is 1.86 bits per heavy atom. The number of hydrogen-bond acceptors (Lipinski definition) is 10. The van der Waals surface area contributed by atoms with E-state index in [1.165, 1.54) is 0 Å². The minimum absolute atomic E-state index is 0.0163. The molecule has 162 valence electrons. The van der Waals surface area contributed by atoms with Gasteiger partial charge in [-0.05, 0) is 0 Å². The summed E-state index contributed by atoms with van der Waals surface area (Å²) < 4.78 is 59.9. The highest BCUT2D eigenvalue weighted by atomic mass is 31.2. The average molecular weight is 461 g/mol. The van der Waals surface area contributed by atoms with Crippen LogP contribution in [0.1, 0.15) is 6.23 Å². The molecule has 1 saturated heterocycles. The van der Waals surface area contributed by atoms with E-state index in [1.54, 1.807) is 0 Å². The van der Waals surface area contributed by atoms with Gasteiger partial charge >= 0.3 is 20.6 Å². The Balaban J connectivity index is 1.79. The summed E-state index contributed by atoms with van der Waals surface area (Å²) in [4.78, 5) is 37.9. The van der Waals surface area contributed by atoms with Gasteiger partial charge in [-0.25, -0.2) is 15.0 Å². The minimum atomic E-state index is -6.33. The van der Waals surface area contributed by atoms with E-state index < -0.39 is 51.7 Å². The van der Waals surface area contributed by atoms with Gasteiger partial charge < -0.3 is 39.9 Å². The first kappa shape index (κ1) is 22.1. The molecular weight excluding hydrogens is 446 g/mol. The molecule has 1 aliphatic heterocycles. The molecule has 0 bridgehead atoms. The zero-order chi connectivity index (χ0) is 21.8. The van der Waals surface area contributed by atoms with Crippen molar-refractivity contribution in [1.29, 1.82) is 0 Å². The number of ether oxygens (including phenoxy) is 1. The maximum Gasteiger partial charge on any atom is 0.443 e. The topological polar surface area (TPSA) is 223 Å². The Kier molecular flexibility index (Phi) is 5.53. The van der Waals surface area contributed by atoms with E-state index in [9.17, 15) is 33.0 Å².